The number of halogens is 1. The zero-order valence-electron chi connectivity index (χ0n) is 9.48. The molecule has 1 unspecified atom stereocenters. The summed E-state index contributed by atoms with van der Waals surface area (Å²) in [5.74, 6) is 5.19. The standard InChI is InChI=1S/C12H14FN3S/c1-2-10-3-4-11(17-10)12(16-14)8-5-9(13)7-15-6-8/h3-7,12,16H,2,14H2,1H3. The fourth-order valence-corrected chi connectivity index (χ4v) is 2.71. The summed E-state index contributed by atoms with van der Waals surface area (Å²) in [6, 6.07) is 5.32. The molecule has 0 aromatic carbocycles. The minimum Gasteiger partial charge on any atom is -0.271 e. The molecule has 2 rings (SSSR count). The van der Waals surface area contributed by atoms with Gasteiger partial charge in [0.1, 0.15) is 5.82 Å². The van der Waals surface area contributed by atoms with Crippen molar-refractivity contribution in [3.8, 4) is 0 Å². The number of hydrogen-bond acceptors (Lipinski definition) is 4. The molecule has 2 heterocycles. The van der Waals surface area contributed by atoms with Gasteiger partial charge in [-0.3, -0.25) is 10.8 Å². The molecule has 1 atom stereocenters. The van der Waals surface area contributed by atoms with Crippen LogP contribution in [0.15, 0.2) is 30.6 Å². The number of hydrazine groups is 1. The molecule has 0 aliphatic heterocycles. The summed E-state index contributed by atoms with van der Waals surface area (Å²) in [6.07, 6.45) is 3.80. The van der Waals surface area contributed by atoms with Crippen LogP contribution in [-0.4, -0.2) is 4.98 Å². The van der Waals surface area contributed by atoms with Crippen molar-refractivity contribution in [3.05, 3.63) is 51.7 Å². The molecule has 3 nitrogen and oxygen atoms in total. The van der Waals surface area contributed by atoms with E-state index in [4.69, 9.17) is 5.84 Å². The van der Waals surface area contributed by atoms with Crippen LogP contribution >= 0.6 is 11.3 Å². The second-order valence-electron chi connectivity index (χ2n) is 3.69. The fraction of sp³-hybridized carbons (Fsp3) is 0.250. The molecule has 0 aliphatic carbocycles. The van der Waals surface area contributed by atoms with Crippen LogP contribution in [0.2, 0.25) is 0 Å². The Labute approximate surface area is 103 Å². The lowest BCUT2D eigenvalue weighted by atomic mass is 10.1. The van der Waals surface area contributed by atoms with E-state index in [-0.39, 0.29) is 11.9 Å². The Balaban J connectivity index is 2.33. The van der Waals surface area contributed by atoms with Gasteiger partial charge in [-0.05, 0) is 30.2 Å². The Morgan fingerprint density at radius 1 is 1.47 bits per heavy atom. The molecule has 90 valence electrons. The van der Waals surface area contributed by atoms with Gasteiger partial charge in [-0.2, -0.15) is 0 Å². The van der Waals surface area contributed by atoms with Crippen molar-refractivity contribution in [3.63, 3.8) is 0 Å². The number of nitrogens with one attached hydrogen (secondary N) is 1. The Morgan fingerprint density at radius 3 is 2.88 bits per heavy atom. The second-order valence-corrected chi connectivity index (χ2v) is 4.89. The van der Waals surface area contributed by atoms with E-state index in [2.05, 4.69) is 23.4 Å². The van der Waals surface area contributed by atoms with E-state index in [1.54, 1.807) is 17.5 Å². The summed E-state index contributed by atoms with van der Waals surface area (Å²) in [5.41, 5.74) is 3.44. The molecule has 2 aromatic rings. The van der Waals surface area contributed by atoms with Crippen LogP contribution in [0, 0.1) is 5.82 Å². The van der Waals surface area contributed by atoms with Crippen molar-refractivity contribution in [2.75, 3.05) is 0 Å². The van der Waals surface area contributed by atoms with Crippen molar-refractivity contribution < 1.29 is 4.39 Å². The summed E-state index contributed by atoms with van der Waals surface area (Å²) >= 11 is 1.67. The Hall–Kier alpha value is -1.30. The largest absolute Gasteiger partial charge is 0.271 e. The molecule has 0 saturated heterocycles. The number of aryl methyl sites for hydroxylation is 1. The van der Waals surface area contributed by atoms with Gasteiger partial charge < -0.3 is 0 Å². The van der Waals surface area contributed by atoms with Gasteiger partial charge in [-0.25, -0.2) is 9.82 Å². The van der Waals surface area contributed by atoms with Crippen molar-refractivity contribution in [1.82, 2.24) is 10.4 Å². The minimum atomic E-state index is -0.352. The van der Waals surface area contributed by atoms with Crippen LogP contribution in [0.3, 0.4) is 0 Å². The molecule has 0 saturated carbocycles. The number of nitrogens with two attached hydrogens (primary N) is 1. The number of pyridine rings is 1. The molecule has 3 N–H and O–H groups in total. The van der Waals surface area contributed by atoms with Crippen LogP contribution < -0.4 is 11.3 Å². The molecular weight excluding hydrogens is 237 g/mol. The highest BCUT2D eigenvalue weighted by molar-refractivity contribution is 7.12. The highest BCUT2D eigenvalue weighted by atomic mass is 32.1. The van der Waals surface area contributed by atoms with Gasteiger partial charge in [0.15, 0.2) is 0 Å². The van der Waals surface area contributed by atoms with Crippen molar-refractivity contribution in [2.45, 2.75) is 19.4 Å². The molecule has 0 spiro atoms. The van der Waals surface area contributed by atoms with Gasteiger partial charge in [0.2, 0.25) is 0 Å². The van der Waals surface area contributed by atoms with E-state index in [0.717, 1.165) is 16.9 Å². The van der Waals surface area contributed by atoms with Crippen LogP contribution in [0.4, 0.5) is 4.39 Å². The first-order valence-corrected chi connectivity index (χ1v) is 6.21. The molecule has 0 aliphatic rings. The summed E-state index contributed by atoms with van der Waals surface area (Å²) in [6.45, 7) is 2.10. The highest BCUT2D eigenvalue weighted by Crippen LogP contribution is 2.28. The average Bonchev–Trinajstić information content (AvgIpc) is 2.79. The monoisotopic (exact) mass is 251 g/mol. The van der Waals surface area contributed by atoms with E-state index in [9.17, 15) is 4.39 Å². The van der Waals surface area contributed by atoms with Crippen LogP contribution in [0.25, 0.3) is 0 Å². The maximum Gasteiger partial charge on any atom is 0.141 e. The lowest BCUT2D eigenvalue weighted by Crippen LogP contribution is -2.28. The molecule has 2 aromatic heterocycles. The summed E-state index contributed by atoms with van der Waals surface area (Å²) in [4.78, 5) is 6.19. The predicted octanol–water partition coefficient (Wildman–Crippen LogP) is 2.40. The second kappa shape index (κ2) is 5.35. The van der Waals surface area contributed by atoms with Crippen molar-refractivity contribution >= 4 is 11.3 Å². The third-order valence-corrected chi connectivity index (χ3v) is 3.84. The lowest BCUT2D eigenvalue weighted by Gasteiger charge is -2.14. The number of nitrogens with zero attached hydrogens (tertiary/aromatic N) is 1. The van der Waals surface area contributed by atoms with Gasteiger partial charge in [0, 0.05) is 16.0 Å². The van der Waals surface area contributed by atoms with Gasteiger partial charge in [0.05, 0.1) is 12.2 Å². The smallest absolute Gasteiger partial charge is 0.141 e. The Morgan fingerprint density at radius 2 is 2.29 bits per heavy atom. The van der Waals surface area contributed by atoms with Crippen molar-refractivity contribution in [1.29, 1.82) is 0 Å². The zero-order chi connectivity index (χ0) is 12.3. The summed E-state index contributed by atoms with van der Waals surface area (Å²) in [5, 5.41) is 0. The first kappa shape index (κ1) is 12.2. The number of aromatic nitrogens is 1. The van der Waals surface area contributed by atoms with Crippen LogP contribution in [0.1, 0.15) is 28.3 Å². The first-order chi connectivity index (χ1) is 8.24. The normalized spacial score (nSPS) is 12.6. The Bertz CT molecular complexity index is 498. The van der Waals surface area contributed by atoms with E-state index >= 15 is 0 Å². The maximum absolute atomic E-state index is 13.1. The van der Waals surface area contributed by atoms with Gasteiger partial charge in [-0.1, -0.05) is 6.92 Å². The molecule has 5 heteroatoms. The van der Waals surface area contributed by atoms with E-state index in [1.807, 2.05) is 6.07 Å². The zero-order valence-corrected chi connectivity index (χ0v) is 10.3. The number of hydrogen-bond donors (Lipinski definition) is 2. The summed E-state index contributed by atoms with van der Waals surface area (Å²) < 4.78 is 13.1. The maximum atomic E-state index is 13.1. The molecule has 0 amide bonds. The third kappa shape index (κ3) is 2.69. The molecular formula is C12H14FN3S. The number of rotatable bonds is 4. The van der Waals surface area contributed by atoms with Crippen molar-refractivity contribution in [2.24, 2.45) is 5.84 Å². The van der Waals surface area contributed by atoms with Crippen LogP contribution in [-0.2, 0) is 6.42 Å². The molecule has 0 fully saturated rings. The molecule has 0 radical (unpaired) electrons. The predicted molar refractivity (Wildman–Crippen MR) is 67.1 cm³/mol. The molecule has 0 bridgehead atoms. The quantitative estimate of drug-likeness (QED) is 0.648. The van der Waals surface area contributed by atoms with E-state index in [1.165, 1.54) is 17.1 Å². The minimum absolute atomic E-state index is 0.205. The fourth-order valence-electron chi connectivity index (χ4n) is 1.67. The van der Waals surface area contributed by atoms with Crippen LogP contribution in [0.5, 0.6) is 0 Å². The average molecular weight is 251 g/mol. The van der Waals surface area contributed by atoms with Gasteiger partial charge >= 0.3 is 0 Å². The third-order valence-electron chi connectivity index (χ3n) is 2.54. The first-order valence-electron chi connectivity index (χ1n) is 5.39. The topological polar surface area (TPSA) is 50.9 Å². The summed E-state index contributed by atoms with van der Waals surface area (Å²) in [7, 11) is 0. The van der Waals surface area contributed by atoms with E-state index < -0.39 is 0 Å². The Kier molecular flexibility index (Phi) is 3.83. The highest BCUT2D eigenvalue weighted by Gasteiger charge is 2.15. The SMILES string of the molecule is CCc1ccc(C(NN)c2cncc(F)c2)s1. The lowest BCUT2D eigenvalue weighted by molar-refractivity contribution is 0.601. The van der Waals surface area contributed by atoms with Gasteiger partial charge in [0.25, 0.3) is 0 Å². The van der Waals surface area contributed by atoms with E-state index in [0.29, 0.717) is 0 Å². The van der Waals surface area contributed by atoms with Gasteiger partial charge in [-0.15, -0.1) is 11.3 Å². The molecule has 17 heavy (non-hydrogen) atoms. The number of thiophene rings is 1.